The van der Waals surface area contributed by atoms with Gasteiger partial charge in [0.2, 0.25) is 0 Å². The molecule has 0 amide bonds. The monoisotopic (exact) mass is 236 g/mol. The smallest absolute Gasteiger partial charge is 0.0791 e. The number of benzene rings is 1. The Morgan fingerprint density at radius 1 is 1.24 bits per heavy atom. The molecule has 0 heterocycles. The van der Waals surface area contributed by atoms with Gasteiger partial charge in [-0.1, -0.05) is 30.3 Å². The fourth-order valence-electron chi connectivity index (χ4n) is 1.82. The number of hydrogen-bond donors (Lipinski definition) is 2. The first-order valence-corrected chi connectivity index (χ1v) is 6.26. The van der Waals surface area contributed by atoms with Crippen molar-refractivity contribution in [1.82, 2.24) is 10.2 Å². The molecule has 0 saturated heterocycles. The first kappa shape index (κ1) is 14.2. The number of nitrogens with zero attached hydrogens (tertiary/aromatic N) is 1. The van der Waals surface area contributed by atoms with Gasteiger partial charge in [-0.15, -0.1) is 0 Å². The molecule has 0 fully saturated rings. The third-order valence-electron chi connectivity index (χ3n) is 2.62. The maximum absolute atomic E-state index is 9.63. The summed E-state index contributed by atoms with van der Waals surface area (Å²) in [5, 5.41) is 12.9. The minimum absolute atomic E-state index is 0.276. The van der Waals surface area contributed by atoms with E-state index in [1.54, 1.807) is 0 Å². The van der Waals surface area contributed by atoms with Crippen LogP contribution in [-0.2, 0) is 6.42 Å². The lowest BCUT2D eigenvalue weighted by Gasteiger charge is -2.16. The summed E-state index contributed by atoms with van der Waals surface area (Å²) < 4.78 is 0. The van der Waals surface area contributed by atoms with E-state index >= 15 is 0 Å². The van der Waals surface area contributed by atoms with Crippen LogP contribution in [0.25, 0.3) is 0 Å². The van der Waals surface area contributed by atoms with Gasteiger partial charge >= 0.3 is 0 Å². The Hall–Kier alpha value is -0.900. The molecule has 96 valence electrons. The molecule has 3 nitrogen and oxygen atoms in total. The number of rotatable bonds is 8. The molecule has 1 aromatic rings. The summed E-state index contributed by atoms with van der Waals surface area (Å²) in [6.45, 7) is 2.35. The molecule has 0 aliphatic heterocycles. The van der Waals surface area contributed by atoms with Crippen molar-refractivity contribution in [2.75, 3.05) is 33.7 Å². The molecule has 0 aromatic heterocycles. The van der Waals surface area contributed by atoms with Crippen LogP contribution in [0.2, 0.25) is 0 Å². The Morgan fingerprint density at radius 3 is 2.59 bits per heavy atom. The largest absolute Gasteiger partial charge is 0.390 e. The zero-order valence-electron chi connectivity index (χ0n) is 10.9. The van der Waals surface area contributed by atoms with Crippen molar-refractivity contribution in [3.63, 3.8) is 0 Å². The molecule has 0 saturated carbocycles. The van der Waals surface area contributed by atoms with Gasteiger partial charge < -0.3 is 15.3 Å². The molecule has 1 rings (SSSR count). The second-order valence-corrected chi connectivity index (χ2v) is 4.71. The van der Waals surface area contributed by atoms with Gasteiger partial charge in [-0.2, -0.15) is 0 Å². The molecule has 0 aliphatic carbocycles. The zero-order valence-corrected chi connectivity index (χ0v) is 10.9. The van der Waals surface area contributed by atoms with Gasteiger partial charge in [-0.25, -0.2) is 0 Å². The predicted molar refractivity (Wildman–Crippen MR) is 72.2 cm³/mol. The summed E-state index contributed by atoms with van der Waals surface area (Å²) in [6.07, 6.45) is 1.93. The van der Waals surface area contributed by atoms with Crippen molar-refractivity contribution in [2.45, 2.75) is 18.9 Å². The molecule has 3 heteroatoms. The quantitative estimate of drug-likeness (QED) is 0.664. The maximum atomic E-state index is 9.63. The summed E-state index contributed by atoms with van der Waals surface area (Å²) >= 11 is 0. The van der Waals surface area contributed by atoms with E-state index in [0.29, 0.717) is 13.1 Å². The van der Waals surface area contributed by atoms with Gasteiger partial charge in [0.05, 0.1) is 6.10 Å². The molecule has 2 N–H and O–H groups in total. The number of aliphatic hydroxyl groups is 1. The minimum Gasteiger partial charge on any atom is -0.390 e. The van der Waals surface area contributed by atoms with Crippen LogP contribution < -0.4 is 5.32 Å². The first-order valence-electron chi connectivity index (χ1n) is 6.26. The number of aliphatic hydroxyl groups excluding tert-OH is 1. The van der Waals surface area contributed by atoms with Gasteiger partial charge in [-0.05, 0) is 39.0 Å². The number of aryl methyl sites for hydroxylation is 1. The summed E-state index contributed by atoms with van der Waals surface area (Å²) in [7, 11) is 3.94. The molecule has 1 unspecified atom stereocenters. The van der Waals surface area contributed by atoms with E-state index in [2.05, 4.69) is 29.6 Å². The standard InChI is InChI=1S/C14H24N2O/c1-16(2)12-14(17)11-15-10-6-9-13-7-4-3-5-8-13/h3-5,7-8,14-15,17H,6,9-12H2,1-2H3. The van der Waals surface area contributed by atoms with Crippen LogP contribution in [0, 0.1) is 0 Å². The highest BCUT2D eigenvalue weighted by atomic mass is 16.3. The lowest BCUT2D eigenvalue weighted by molar-refractivity contribution is 0.135. The topological polar surface area (TPSA) is 35.5 Å². The van der Waals surface area contributed by atoms with E-state index in [1.165, 1.54) is 5.56 Å². The first-order chi connectivity index (χ1) is 8.18. The van der Waals surface area contributed by atoms with Crippen LogP contribution in [0.4, 0.5) is 0 Å². The Morgan fingerprint density at radius 2 is 1.94 bits per heavy atom. The Labute approximate surface area is 104 Å². The van der Waals surface area contributed by atoms with Crippen LogP contribution in [0.5, 0.6) is 0 Å². The van der Waals surface area contributed by atoms with Crippen molar-refractivity contribution < 1.29 is 5.11 Å². The molecule has 0 radical (unpaired) electrons. The summed E-state index contributed by atoms with van der Waals surface area (Å²) in [4.78, 5) is 2.00. The van der Waals surface area contributed by atoms with Gasteiger partial charge in [-0.3, -0.25) is 0 Å². The SMILES string of the molecule is CN(C)CC(O)CNCCCc1ccccc1. The van der Waals surface area contributed by atoms with Crippen molar-refractivity contribution in [3.8, 4) is 0 Å². The van der Waals surface area contributed by atoms with E-state index in [1.807, 2.05) is 25.1 Å². The van der Waals surface area contributed by atoms with Crippen molar-refractivity contribution >= 4 is 0 Å². The average Bonchev–Trinajstić information content (AvgIpc) is 2.29. The highest BCUT2D eigenvalue weighted by molar-refractivity contribution is 5.14. The molecular weight excluding hydrogens is 212 g/mol. The highest BCUT2D eigenvalue weighted by Gasteiger charge is 2.03. The summed E-state index contributed by atoms with van der Waals surface area (Å²) in [6, 6.07) is 10.5. The maximum Gasteiger partial charge on any atom is 0.0791 e. The van der Waals surface area contributed by atoms with E-state index in [9.17, 15) is 5.11 Å². The van der Waals surface area contributed by atoms with Gasteiger partial charge in [0.25, 0.3) is 0 Å². The molecule has 1 atom stereocenters. The second kappa shape index (κ2) is 8.23. The summed E-state index contributed by atoms with van der Waals surface area (Å²) in [5.41, 5.74) is 1.38. The minimum atomic E-state index is -0.276. The molecule has 0 spiro atoms. The van der Waals surface area contributed by atoms with Crippen LogP contribution in [0.1, 0.15) is 12.0 Å². The zero-order chi connectivity index (χ0) is 12.5. The fourth-order valence-corrected chi connectivity index (χ4v) is 1.82. The van der Waals surface area contributed by atoms with Gasteiger partial charge in [0.1, 0.15) is 0 Å². The Kier molecular flexibility index (Phi) is 6.86. The second-order valence-electron chi connectivity index (χ2n) is 4.71. The van der Waals surface area contributed by atoms with E-state index in [-0.39, 0.29) is 6.10 Å². The van der Waals surface area contributed by atoms with Crippen LogP contribution in [0.3, 0.4) is 0 Å². The normalized spacial score (nSPS) is 12.9. The van der Waals surface area contributed by atoms with Crippen molar-refractivity contribution in [2.24, 2.45) is 0 Å². The van der Waals surface area contributed by atoms with Crippen LogP contribution >= 0.6 is 0 Å². The van der Waals surface area contributed by atoms with Crippen LogP contribution in [-0.4, -0.2) is 49.8 Å². The summed E-state index contributed by atoms with van der Waals surface area (Å²) in [5.74, 6) is 0. The fraction of sp³-hybridized carbons (Fsp3) is 0.571. The molecule has 0 aliphatic rings. The molecule has 17 heavy (non-hydrogen) atoms. The van der Waals surface area contributed by atoms with Crippen LogP contribution in [0.15, 0.2) is 30.3 Å². The Balaban J connectivity index is 2.01. The van der Waals surface area contributed by atoms with E-state index in [0.717, 1.165) is 19.4 Å². The number of hydrogen-bond acceptors (Lipinski definition) is 3. The number of nitrogens with one attached hydrogen (secondary N) is 1. The lowest BCUT2D eigenvalue weighted by Crippen LogP contribution is -2.35. The Bertz CT molecular complexity index is 288. The van der Waals surface area contributed by atoms with E-state index < -0.39 is 0 Å². The van der Waals surface area contributed by atoms with Crippen molar-refractivity contribution in [3.05, 3.63) is 35.9 Å². The van der Waals surface area contributed by atoms with Gasteiger partial charge in [0, 0.05) is 13.1 Å². The number of likely N-dealkylation sites (N-methyl/N-ethyl adjacent to an activating group) is 1. The lowest BCUT2D eigenvalue weighted by atomic mass is 10.1. The average molecular weight is 236 g/mol. The highest BCUT2D eigenvalue weighted by Crippen LogP contribution is 2.01. The van der Waals surface area contributed by atoms with Crippen molar-refractivity contribution in [1.29, 1.82) is 0 Å². The van der Waals surface area contributed by atoms with E-state index in [4.69, 9.17) is 0 Å². The van der Waals surface area contributed by atoms with Gasteiger partial charge in [0.15, 0.2) is 0 Å². The predicted octanol–water partition coefficient (Wildman–Crippen LogP) is 1.13. The third-order valence-corrected chi connectivity index (χ3v) is 2.62. The molecule has 0 bridgehead atoms. The third kappa shape index (κ3) is 7.10. The molecular formula is C14H24N2O. The molecule has 1 aromatic carbocycles.